The number of nitrogens with zero attached hydrogens (tertiary/aromatic N) is 2. The van der Waals surface area contributed by atoms with E-state index in [1.54, 1.807) is 24.2 Å². The van der Waals surface area contributed by atoms with Gasteiger partial charge in [-0.2, -0.15) is 0 Å². The average Bonchev–Trinajstić information content (AvgIpc) is 2.25. The minimum Gasteiger partial charge on any atom is -0.313 e. The van der Waals surface area contributed by atoms with E-state index < -0.39 is 0 Å². The lowest BCUT2D eigenvalue weighted by Crippen LogP contribution is -2.27. The van der Waals surface area contributed by atoms with Crippen LogP contribution in [0.3, 0.4) is 0 Å². The first-order valence-electron chi connectivity index (χ1n) is 4.96. The SMILES string of the molecule is CCC(C)NCCSc1ncccn1. The van der Waals surface area contributed by atoms with Crippen LogP contribution in [0.4, 0.5) is 0 Å². The van der Waals surface area contributed by atoms with Crippen LogP contribution >= 0.6 is 11.8 Å². The third-order valence-electron chi connectivity index (χ3n) is 1.98. The summed E-state index contributed by atoms with van der Waals surface area (Å²) in [6.07, 6.45) is 4.72. The number of nitrogens with one attached hydrogen (secondary N) is 1. The summed E-state index contributed by atoms with van der Waals surface area (Å²) in [4.78, 5) is 8.28. The molecule has 0 aliphatic rings. The Hall–Kier alpha value is -0.610. The molecule has 0 spiro atoms. The zero-order chi connectivity index (χ0) is 10.2. The molecule has 1 atom stereocenters. The van der Waals surface area contributed by atoms with Crippen LogP contribution in [0.2, 0.25) is 0 Å². The van der Waals surface area contributed by atoms with Crippen LogP contribution in [-0.2, 0) is 0 Å². The molecule has 3 nitrogen and oxygen atoms in total. The molecule has 0 fully saturated rings. The molecule has 78 valence electrons. The van der Waals surface area contributed by atoms with E-state index in [0.717, 1.165) is 17.5 Å². The van der Waals surface area contributed by atoms with Gasteiger partial charge in [-0.05, 0) is 19.4 Å². The van der Waals surface area contributed by atoms with E-state index in [9.17, 15) is 0 Å². The van der Waals surface area contributed by atoms with Gasteiger partial charge in [-0.25, -0.2) is 9.97 Å². The summed E-state index contributed by atoms with van der Waals surface area (Å²) in [7, 11) is 0. The molecule has 0 aliphatic heterocycles. The maximum absolute atomic E-state index is 4.14. The van der Waals surface area contributed by atoms with Crippen molar-refractivity contribution in [3.8, 4) is 0 Å². The van der Waals surface area contributed by atoms with Gasteiger partial charge in [0.05, 0.1) is 0 Å². The zero-order valence-corrected chi connectivity index (χ0v) is 9.55. The number of thioether (sulfide) groups is 1. The van der Waals surface area contributed by atoms with Crippen molar-refractivity contribution in [1.82, 2.24) is 15.3 Å². The summed E-state index contributed by atoms with van der Waals surface area (Å²) < 4.78 is 0. The highest BCUT2D eigenvalue weighted by molar-refractivity contribution is 7.99. The molecule has 0 radical (unpaired) electrons. The van der Waals surface area contributed by atoms with Gasteiger partial charge in [-0.1, -0.05) is 18.7 Å². The van der Waals surface area contributed by atoms with Crippen LogP contribution in [0.15, 0.2) is 23.6 Å². The van der Waals surface area contributed by atoms with Gasteiger partial charge in [0.2, 0.25) is 0 Å². The Morgan fingerprint density at radius 2 is 2.14 bits per heavy atom. The Morgan fingerprint density at radius 3 is 2.79 bits per heavy atom. The van der Waals surface area contributed by atoms with Crippen LogP contribution in [0, 0.1) is 0 Å². The molecule has 4 heteroatoms. The van der Waals surface area contributed by atoms with Crippen LogP contribution in [-0.4, -0.2) is 28.3 Å². The Labute approximate surface area is 89.7 Å². The second kappa shape index (κ2) is 6.79. The molecular weight excluding hydrogens is 194 g/mol. The second-order valence-corrected chi connectivity index (χ2v) is 4.21. The normalized spacial score (nSPS) is 12.7. The highest BCUT2D eigenvalue weighted by Gasteiger charge is 1.98. The molecule has 1 N–H and O–H groups in total. The summed E-state index contributed by atoms with van der Waals surface area (Å²) in [6.45, 7) is 5.40. The fraction of sp³-hybridized carbons (Fsp3) is 0.600. The van der Waals surface area contributed by atoms with Crippen molar-refractivity contribution in [2.24, 2.45) is 0 Å². The smallest absolute Gasteiger partial charge is 0.187 e. The van der Waals surface area contributed by atoms with Gasteiger partial charge in [-0.15, -0.1) is 0 Å². The third-order valence-corrected chi connectivity index (χ3v) is 2.86. The molecule has 14 heavy (non-hydrogen) atoms. The molecule has 1 rings (SSSR count). The summed E-state index contributed by atoms with van der Waals surface area (Å²) in [5.41, 5.74) is 0. The fourth-order valence-electron chi connectivity index (χ4n) is 0.952. The van der Waals surface area contributed by atoms with Gasteiger partial charge in [-0.3, -0.25) is 0 Å². The predicted molar refractivity (Wildman–Crippen MR) is 60.5 cm³/mol. The van der Waals surface area contributed by atoms with Crippen molar-refractivity contribution < 1.29 is 0 Å². The van der Waals surface area contributed by atoms with E-state index in [1.165, 1.54) is 6.42 Å². The van der Waals surface area contributed by atoms with Gasteiger partial charge < -0.3 is 5.32 Å². The lowest BCUT2D eigenvalue weighted by atomic mass is 10.3. The van der Waals surface area contributed by atoms with E-state index in [2.05, 4.69) is 29.1 Å². The topological polar surface area (TPSA) is 37.8 Å². The Bertz CT molecular complexity index is 240. The minimum absolute atomic E-state index is 0.604. The molecule has 0 aromatic carbocycles. The lowest BCUT2D eigenvalue weighted by molar-refractivity contribution is 0.555. The maximum atomic E-state index is 4.14. The Morgan fingerprint density at radius 1 is 1.43 bits per heavy atom. The summed E-state index contributed by atoms with van der Waals surface area (Å²) in [5.74, 6) is 1.02. The molecule has 0 saturated heterocycles. The highest BCUT2D eigenvalue weighted by atomic mass is 32.2. The van der Waals surface area contributed by atoms with E-state index in [-0.39, 0.29) is 0 Å². The molecule has 1 unspecified atom stereocenters. The van der Waals surface area contributed by atoms with Crippen LogP contribution in [0.25, 0.3) is 0 Å². The monoisotopic (exact) mass is 211 g/mol. The largest absolute Gasteiger partial charge is 0.313 e. The van der Waals surface area contributed by atoms with Crippen molar-refractivity contribution in [2.45, 2.75) is 31.5 Å². The minimum atomic E-state index is 0.604. The number of hydrogen-bond acceptors (Lipinski definition) is 4. The van der Waals surface area contributed by atoms with Gasteiger partial charge >= 0.3 is 0 Å². The Balaban J connectivity index is 2.10. The van der Waals surface area contributed by atoms with E-state index >= 15 is 0 Å². The summed E-state index contributed by atoms with van der Waals surface area (Å²) in [6, 6.07) is 2.44. The van der Waals surface area contributed by atoms with E-state index in [4.69, 9.17) is 0 Å². The van der Waals surface area contributed by atoms with Crippen LogP contribution < -0.4 is 5.32 Å². The lowest BCUT2D eigenvalue weighted by Gasteiger charge is -2.09. The highest BCUT2D eigenvalue weighted by Crippen LogP contribution is 2.09. The van der Waals surface area contributed by atoms with Gasteiger partial charge in [0.1, 0.15) is 0 Å². The standard InChI is InChI=1S/C10H17N3S/c1-3-9(2)11-7-8-14-10-12-5-4-6-13-10/h4-6,9,11H,3,7-8H2,1-2H3. The predicted octanol–water partition coefficient (Wildman–Crippen LogP) is 1.96. The van der Waals surface area contributed by atoms with Gasteiger partial charge in [0, 0.05) is 30.7 Å². The van der Waals surface area contributed by atoms with Crippen molar-refractivity contribution >= 4 is 11.8 Å². The van der Waals surface area contributed by atoms with Crippen molar-refractivity contribution in [1.29, 1.82) is 0 Å². The Kier molecular flexibility index (Phi) is 5.56. The van der Waals surface area contributed by atoms with Crippen molar-refractivity contribution in [2.75, 3.05) is 12.3 Å². The first-order chi connectivity index (χ1) is 6.83. The van der Waals surface area contributed by atoms with Gasteiger partial charge in [0.25, 0.3) is 0 Å². The zero-order valence-electron chi connectivity index (χ0n) is 8.73. The first kappa shape index (κ1) is 11.5. The van der Waals surface area contributed by atoms with Gasteiger partial charge in [0.15, 0.2) is 5.16 Å². The van der Waals surface area contributed by atoms with Crippen LogP contribution in [0.1, 0.15) is 20.3 Å². The summed E-state index contributed by atoms with van der Waals surface area (Å²) in [5, 5.41) is 4.29. The first-order valence-corrected chi connectivity index (χ1v) is 5.94. The van der Waals surface area contributed by atoms with Crippen molar-refractivity contribution in [3.63, 3.8) is 0 Å². The molecule has 1 aromatic rings. The average molecular weight is 211 g/mol. The molecule has 1 aromatic heterocycles. The third kappa shape index (κ3) is 4.58. The number of aromatic nitrogens is 2. The molecular formula is C10H17N3S. The van der Waals surface area contributed by atoms with E-state index in [0.29, 0.717) is 6.04 Å². The molecule has 1 heterocycles. The molecule has 0 saturated carbocycles. The second-order valence-electron chi connectivity index (χ2n) is 3.14. The molecule has 0 bridgehead atoms. The maximum Gasteiger partial charge on any atom is 0.187 e. The van der Waals surface area contributed by atoms with E-state index in [1.807, 2.05) is 6.07 Å². The van der Waals surface area contributed by atoms with Crippen LogP contribution in [0.5, 0.6) is 0 Å². The number of hydrogen-bond donors (Lipinski definition) is 1. The van der Waals surface area contributed by atoms with Crippen molar-refractivity contribution in [3.05, 3.63) is 18.5 Å². The summed E-state index contributed by atoms with van der Waals surface area (Å²) >= 11 is 1.69. The molecule has 0 aliphatic carbocycles. The fourth-order valence-corrected chi connectivity index (χ4v) is 1.63. The quantitative estimate of drug-likeness (QED) is 0.443. The number of rotatable bonds is 6. The molecule has 0 amide bonds.